The van der Waals surface area contributed by atoms with Gasteiger partial charge in [-0.1, -0.05) is 13.0 Å². The zero-order valence-electron chi connectivity index (χ0n) is 11.8. The molecule has 0 aliphatic heterocycles. The van der Waals surface area contributed by atoms with Crippen molar-refractivity contribution < 1.29 is 4.79 Å². The van der Waals surface area contributed by atoms with Crippen LogP contribution in [0.5, 0.6) is 0 Å². The molecule has 0 aliphatic carbocycles. The van der Waals surface area contributed by atoms with E-state index in [1.165, 1.54) is 11.3 Å². The van der Waals surface area contributed by atoms with Crippen LogP contribution >= 0.6 is 11.3 Å². The van der Waals surface area contributed by atoms with Crippen molar-refractivity contribution in [2.45, 2.75) is 26.3 Å². The molecule has 1 atom stereocenters. The van der Waals surface area contributed by atoms with Crippen LogP contribution in [0.3, 0.4) is 0 Å². The van der Waals surface area contributed by atoms with Crippen molar-refractivity contribution in [1.82, 2.24) is 14.9 Å². The number of hydrogen-bond acceptors (Lipinski definition) is 4. The van der Waals surface area contributed by atoms with Gasteiger partial charge >= 0.3 is 6.03 Å². The van der Waals surface area contributed by atoms with Gasteiger partial charge in [0, 0.05) is 24.8 Å². The third kappa shape index (κ3) is 3.33. The first-order valence-electron chi connectivity index (χ1n) is 6.50. The third-order valence-electron chi connectivity index (χ3n) is 3.20. The molecule has 1 unspecified atom stereocenters. The summed E-state index contributed by atoms with van der Waals surface area (Å²) in [6.07, 6.45) is 4.36. The normalized spacial score (nSPS) is 11.9. The van der Waals surface area contributed by atoms with E-state index in [4.69, 9.17) is 0 Å². The van der Waals surface area contributed by atoms with Crippen LogP contribution in [-0.2, 0) is 6.42 Å². The molecule has 0 aliphatic rings. The summed E-state index contributed by atoms with van der Waals surface area (Å²) in [6.45, 7) is 4.01. The van der Waals surface area contributed by atoms with Crippen LogP contribution in [0.15, 0.2) is 29.9 Å². The average Bonchev–Trinajstić information content (AvgIpc) is 2.94. The largest absolute Gasteiger partial charge is 0.323 e. The zero-order chi connectivity index (χ0) is 14.5. The summed E-state index contributed by atoms with van der Waals surface area (Å²) in [5.74, 6) is 0. The van der Waals surface area contributed by atoms with Crippen molar-refractivity contribution in [2.75, 3.05) is 12.4 Å². The average molecular weight is 290 g/mol. The van der Waals surface area contributed by atoms with E-state index in [1.807, 2.05) is 31.4 Å². The van der Waals surface area contributed by atoms with E-state index >= 15 is 0 Å². The Hall–Kier alpha value is -1.95. The highest BCUT2D eigenvalue weighted by Crippen LogP contribution is 2.20. The number of thiazole rings is 1. The van der Waals surface area contributed by atoms with Gasteiger partial charge in [0.1, 0.15) is 0 Å². The number of amides is 2. The van der Waals surface area contributed by atoms with Crippen LogP contribution in [0.4, 0.5) is 9.93 Å². The molecule has 2 heterocycles. The molecule has 0 fully saturated rings. The number of urea groups is 1. The van der Waals surface area contributed by atoms with Crippen LogP contribution in [0.25, 0.3) is 0 Å². The molecule has 5 nitrogen and oxygen atoms in total. The van der Waals surface area contributed by atoms with Crippen LogP contribution < -0.4 is 5.32 Å². The smallest absolute Gasteiger partial charge is 0.321 e. The Morgan fingerprint density at radius 2 is 2.35 bits per heavy atom. The first kappa shape index (κ1) is 14.5. The molecule has 106 valence electrons. The van der Waals surface area contributed by atoms with Gasteiger partial charge < -0.3 is 4.90 Å². The van der Waals surface area contributed by atoms with Crippen LogP contribution in [0, 0.1) is 0 Å². The third-order valence-corrected chi connectivity index (χ3v) is 4.00. The standard InChI is InChI=1S/C14H18N4OS/c1-4-12-9-20-13(16-12)17-14(19)18(3)10(2)11-6-5-7-15-8-11/h5-10H,4H2,1-3H3,(H,16,17,19). The SMILES string of the molecule is CCc1csc(NC(=O)N(C)C(C)c2cccnc2)n1. The fraction of sp³-hybridized carbons (Fsp3) is 0.357. The van der Waals surface area contributed by atoms with Crippen molar-refractivity contribution >= 4 is 22.5 Å². The number of pyridine rings is 1. The highest BCUT2D eigenvalue weighted by Gasteiger charge is 2.18. The highest BCUT2D eigenvalue weighted by molar-refractivity contribution is 7.13. The van der Waals surface area contributed by atoms with E-state index in [2.05, 4.69) is 15.3 Å². The minimum absolute atomic E-state index is 0.0469. The Morgan fingerprint density at radius 3 is 2.95 bits per heavy atom. The maximum Gasteiger partial charge on any atom is 0.323 e. The fourth-order valence-electron chi connectivity index (χ4n) is 1.73. The van der Waals surface area contributed by atoms with Gasteiger partial charge in [-0.3, -0.25) is 10.3 Å². The topological polar surface area (TPSA) is 58.1 Å². The number of nitrogens with zero attached hydrogens (tertiary/aromatic N) is 3. The number of carbonyl (C=O) groups excluding carboxylic acids is 1. The predicted molar refractivity (Wildman–Crippen MR) is 80.9 cm³/mol. The Bertz CT molecular complexity index is 570. The van der Waals surface area contributed by atoms with E-state index in [0.29, 0.717) is 5.13 Å². The second-order valence-electron chi connectivity index (χ2n) is 4.50. The van der Waals surface area contributed by atoms with Crippen molar-refractivity contribution in [3.8, 4) is 0 Å². The summed E-state index contributed by atoms with van der Waals surface area (Å²) in [7, 11) is 1.77. The highest BCUT2D eigenvalue weighted by atomic mass is 32.1. The molecule has 20 heavy (non-hydrogen) atoms. The summed E-state index contributed by atoms with van der Waals surface area (Å²) in [5.41, 5.74) is 1.99. The van der Waals surface area contributed by atoms with Crippen molar-refractivity contribution in [1.29, 1.82) is 0 Å². The zero-order valence-corrected chi connectivity index (χ0v) is 12.6. The van der Waals surface area contributed by atoms with E-state index < -0.39 is 0 Å². The van der Waals surface area contributed by atoms with E-state index in [0.717, 1.165) is 17.7 Å². The molecule has 0 bridgehead atoms. The molecular formula is C14H18N4OS. The maximum atomic E-state index is 12.2. The van der Waals surface area contributed by atoms with E-state index in [-0.39, 0.29) is 12.1 Å². The second-order valence-corrected chi connectivity index (χ2v) is 5.36. The predicted octanol–water partition coefficient (Wildman–Crippen LogP) is 3.33. The first-order valence-corrected chi connectivity index (χ1v) is 7.38. The summed E-state index contributed by atoms with van der Waals surface area (Å²) < 4.78 is 0. The molecule has 6 heteroatoms. The maximum absolute atomic E-state index is 12.2. The number of aryl methyl sites for hydroxylation is 1. The molecule has 2 aromatic rings. The van der Waals surface area contributed by atoms with Crippen LogP contribution in [0.2, 0.25) is 0 Å². The molecule has 2 aromatic heterocycles. The lowest BCUT2D eigenvalue weighted by molar-refractivity contribution is 0.208. The van der Waals surface area contributed by atoms with Gasteiger partial charge in [-0.2, -0.15) is 0 Å². The second kappa shape index (κ2) is 6.47. The lowest BCUT2D eigenvalue weighted by Crippen LogP contribution is -2.33. The van der Waals surface area contributed by atoms with Gasteiger partial charge in [0.15, 0.2) is 5.13 Å². The quantitative estimate of drug-likeness (QED) is 0.939. The number of hydrogen-bond donors (Lipinski definition) is 1. The lowest BCUT2D eigenvalue weighted by atomic mass is 10.1. The minimum atomic E-state index is -0.168. The van der Waals surface area contributed by atoms with Gasteiger partial charge in [-0.25, -0.2) is 9.78 Å². The Labute approximate surface area is 122 Å². The molecular weight excluding hydrogens is 272 g/mol. The van der Waals surface area contributed by atoms with Crippen LogP contribution in [-0.4, -0.2) is 27.9 Å². The molecule has 1 N–H and O–H groups in total. The Kier molecular flexibility index (Phi) is 4.68. The molecule has 0 aromatic carbocycles. The first-order chi connectivity index (χ1) is 9.61. The van der Waals surface area contributed by atoms with E-state index in [9.17, 15) is 4.79 Å². The molecule has 2 rings (SSSR count). The number of rotatable bonds is 4. The molecule has 0 radical (unpaired) electrons. The van der Waals surface area contributed by atoms with Crippen LogP contribution in [0.1, 0.15) is 31.1 Å². The van der Waals surface area contributed by atoms with Crippen molar-refractivity contribution in [3.63, 3.8) is 0 Å². The number of aromatic nitrogens is 2. The monoisotopic (exact) mass is 290 g/mol. The van der Waals surface area contributed by atoms with E-state index in [1.54, 1.807) is 24.3 Å². The number of anilines is 1. The van der Waals surface area contributed by atoms with Crippen molar-refractivity contribution in [3.05, 3.63) is 41.2 Å². The molecule has 2 amide bonds. The number of carbonyl (C=O) groups is 1. The van der Waals surface area contributed by atoms with Gasteiger partial charge in [-0.05, 0) is 25.0 Å². The molecule has 0 spiro atoms. The number of nitrogens with one attached hydrogen (secondary N) is 1. The summed E-state index contributed by atoms with van der Waals surface area (Å²) >= 11 is 1.45. The van der Waals surface area contributed by atoms with Crippen molar-refractivity contribution in [2.24, 2.45) is 0 Å². The fourth-order valence-corrected chi connectivity index (χ4v) is 2.51. The van der Waals surface area contributed by atoms with Gasteiger partial charge in [0.2, 0.25) is 0 Å². The summed E-state index contributed by atoms with van der Waals surface area (Å²) in [6, 6.07) is 3.61. The molecule has 0 saturated carbocycles. The molecule has 0 saturated heterocycles. The van der Waals surface area contributed by atoms with Gasteiger partial charge in [-0.15, -0.1) is 11.3 Å². The minimum Gasteiger partial charge on any atom is -0.321 e. The Balaban J connectivity index is 2.01. The Morgan fingerprint density at radius 1 is 1.55 bits per heavy atom. The summed E-state index contributed by atoms with van der Waals surface area (Å²) in [4.78, 5) is 22.2. The summed E-state index contributed by atoms with van der Waals surface area (Å²) in [5, 5.41) is 5.42. The van der Waals surface area contributed by atoms with Gasteiger partial charge in [0.05, 0.1) is 11.7 Å². The lowest BCUT2D eigenvalue weighted by Gasteiger charge is -2.24. The van der Waals surface area contributed by atoms with Gasteiger partial charge in [0.25, 0.3) is 0 Å².